The third-order valence-electron chi connectivity index (χ3n) is 3.75. The molecular formula is C13H26N2O2. The lowest BCUT2D eigenvalue weighted by molar-refractivity contribution is -0.132. The van der Waals surface area contributed by atoms with E-state index in [4.69, 9.17) is 10.5 Å². The van der Waals surface area contributed by atoms with Gasteiger partial charge in [0.1, 0.15) is 5.54 Å². The highest BCUT2D eigenvalue weighted by atomic mass is 16.5. The number of likely N-dealkylation sites (N-methyl/N-ethyl adjacent to an activating group) is 1. The van der Waals surface area contributed by atoms with Crippen LogP contribution in [0.3, 0.4) is 0 Å². The molecule has 0 aromatic heterocycles. The summed E-state index contributed by atoms with van der Waals surface area (Å²) in [5.41, 5.74) is 4.72. The van der Waals surface area contributed by atoms with Crippen LogP contribution in [-0.4, -0.2) is 30.2 Å². The van der Waals surface area contributed by atoms with Crippen molar-refractivity contribution < 1.29 is 9.53 Å². The van der Waals surface area contributed by atoms with Crippen LogP contribution in [-0.2, 0) is 9.53 Å². The summed E-state index contributed by atoms with van der Waals surface area (Å²) < 4.78 is 5.90. The molecule has 1 atom stereocenters. The highest BCUT2D eigenvalue weighted by Crippen LogP contribution is 2.40. The van der Waals surface area contributed by atoms with Crippen LogP contribution < -0.4 is 11.1 Å². The van der Waals surface area contributed by atoms with Crippen LogP contribution in [0.4, 0.5) is 0 Å². The van der Waals surface area contributed by atoms with E-state index in [1.165, 1.54) is 0 Å². The first-order chi connectivity index (χ1) is 7.88. The first kappa shape index (κ1) is 14.5. The molecule has 0 saturated heterocycles. The number of rotatable bonds is 8. The Morgan fingerprint density at radius 3 is 2.35 bits per heavy atom. The van der Waals surface area contributed by atoms with Crippen molar-refractivity contribution in [2.24, 2.45) is 11.7 Å². The molecule has 1 unspecified atom stereocenters. The van der Waals surface area contributed by atoms with Gasteiger partial charge in [0.05, 0.1) is 12.2 Å². The molecule has 17 heavy (non-hydrogen) atoms. The fraction of sp³-hybridized carbons (Fsp3) is 0.923. The van der Waals surface area contributed by atoms with Crippen LogP contribution >= 0.6 is 0 Å². The Labute approximate surface area is 104 Å². The highest BCUT2D eigenvalue weighted by molar-refractivity contribution is 5.85. The van der Waals surface area contributed by atoms with Crippen molar-refractivity contribution in [1.29, 1.82) is 0 Å². The first-order valence-corrected chi connectivity index (χ1v) is 6.57. The van der Waals surface area contributed by atoms with Crippen molar-refractivity contribution >= 4 is 5.91 Å². The van der Waals surface area contributed by atoms with Crippen LogP contribution in [0.1, 0.15) is 47.0 Å². The molecule has 1 rings (SSSR count). The molecule has 1 aliphatic rings. The van der Waals surface area contributed by atoms with Gasteiger partial charge in [-0.25, -0.2) is 0 Å². The molecule has 0 heterocycles. The summed E-state index contributed by atoms with van der Waals surface area (Å²) in [7, 11) is 0. The SMILES string of the molecule is CCNC(COC(C)(C)CC)(C(N)=O)C1CC1. The molecule has 4 nitrogen and oxygen atoms in total. The van der Waals surface area contributed by atoms with Gasteiger partial charge in [0, 0.05) is 0 Å². The van der Waals surface area contributed by atoms with E-state index in [0.717, 1.165) is 25.8 Å². The highest BCUT2D eigenvalue weighted by Gasteiger charge is 2.50. The Morgan fingerprint density at radius 2 is 2.00 bits per heavy atom. The molecule has 100 valence electrons. The lowest BCUT2D eigenvalue weighted by atomic mass is 9.92. The molecular weight excluding hydrogens is 216 g/mol. The minimum Gasteiger partial charge on any atom is -0.373 e. The zero-order chi connectivity index (χ0) is 13.1. The maximum absolute atomic E-state index is 11.8. The van der Waals surface area contributed by atoms with Crippen molar-refractivity contribution in [2.45, 2.75) is 58.1 Å². The van der Waals surface area contributed by atoms with E-state index in [1.807, 2.05) is 20.8 Å². The molecule has 0 aromatic carbocycles. The quantitative estimate of drug-likeness (QED) is 0.677. The number of hydrogen-bond donors (Lipinski definition) is 2. The van der Waals surface area contributed by atoms with E-state index in [2.05, 4.69) is 12.2 Å². The lowest BCUT2D eigenvalue weighted by Crippen LogP contribution is -2.61. The molecule has 0 aliphatic heterocycles. The van der Waals surface area contributed by atoms with Gasteiger partial charge in [-0.2, -0.15) is 0 Å². The minimum absolute atomic E-state index is 0.203. The van der Waals surface area contributed by atoms with Gasteiger partial charge in [-0.05, 0) is 45.6 Å². The fourth-order valence-electron chi connectivity index (χ4n) is 1.98. The summed E-state index contributed by atoms with van der Waals surface area (Å²) in [6, 6.07) is 0. The molecule has 1 amide bonds. The second kappa shape index (κ2) is 5.36. The molecule has 4 heteroatoms. The molecule has 0 aromatic rings. The van der Waals surface area contributed by atoms with Crippen molar-refractivity contribution in [3.8, 4) is 0 Å². The Hall–Kier alpha value is -0.610. The second-order valence-electron chi connectivity index (χ2n) is 5.54. The summed E-state index contributed by atoms with van der Waals surface area (Å²) in [4.78, 5) is 11.8. The van der Waals surface area contributed by atoms with Gasteiger partial charge in [0.2, 0.25) is 5.91 Å². The molecule has 3 N–H and O–H groups in total. The molecule has 0 spiro atoms. The number of amides is 1. The van der Waals surface area contributed by atoms with Crippen molar-refractivity contribution in [3.05, 3.63) is 0 Å². The van der Waals surface area contributed by atoms with Gasteiger partial charge in [0.15, 0.2) is 0 Å². The van der Waals surface area contributed by atoms with E-state index < -0.39 is 5.54 Å². The van der Waals surface area contributed by atoms with E-state index in [1.54, 1.807) is 0 Å². The van der Waals surface area contributed by atoms with Gasteiger partial charge >= 0.3 is 0 Å². The topological polar surface area (TPSA) is 64.3 Å². The molecule has 1 fully saturated rings. The van der Waals surface area contributed by atoms with E-state index in [0.29, 0.717) is 12.5 Å². The maximum Gasteiger partial charge on any atom is 0.240 e. The van der Waals surface area contributed by atoms with Gasteiger partial charge in [-0.1, -0.05) is 13.8 Å². The monoisotopic (exact) mass is 242 g/mol. The predicted octanol–water partition coefficient (Wildman–Crippen LogP) is 1.44. The van der Waals surface area contributed by atoms with Gasteiger partial charge in [0.25, 0.3) is 0 Å². The summed E-state index contributed by atoms with van der Waals surface area (Å²) in [5.74, 6) is 0.0568. The third-order valence-corrected chi connectivity index (χ3v) is 3.75. The average Bonchev–Trinajstić information content (AvgIpc) is 3.08. The Morgan fingerprint density at radius 1 is 1.41 bits per heavy atom. The van der Waals surface area contributed by atoms with E-state index in [9.17, 15) is 4.79 Å². The van der Waals surface area contributed by atoms with Crippen molar-refractivity contribution in [1.82, 2.24) is 5.32 Å². The Kier molecular flexibility index (Phi) is 4.55. The molecule has 1 saturated carbocycles. The van der Waals surface area contributed by atoms with Crippen LogP contribution in [0.5, 0.6) is 0 Å². The zero-order valence-electron chi connectivity index (χ0n) is 11.5. The second-order valence-corrected chi connectivity index (χ2v) is 5.54. The Bertz CT molecular complexity index is 275. The number of nitrogens with two attached hydrogens (primary N) is 1. The summed E-state index contributed by atoms with van der Waals surface area (Å²) in [6.45, 7) is 9.26. The number of ether oxygens (including phenoxy) is 1. The van der Waals surface area contributed by atoms with Gasteiger partial charge < -0.3 is 15.8 Å². The molecule has 1 aliphatic carbocycles. The van der Waals surface area contributed by atoms with Crippen LogP contribution in [0.25, 0.3) is 0 Å². The summed E-state index contributed by atoms with van der Waals surface area (Å²) in [6.07, 6.45) is 3.04. The predicted molar refractivity (Wildman–Crippen MR) is 68.6 cm³/mol. The molecule has 0 bridgehead atoms. The fourth-order valence-corrected chi connectivity index (χ4v) is 1.98. The van der Waals surface area contributed by atoms with Crippen LogP contribution in [0, 0.1) is 5.92 Å². The zero-order valence-corrected chi connectivity index (χ0v) is 11.5. The number of primary amides is 1. The van der Waals surface area contributed by atoms with Gasteiger partial charge in [-0.3, -0.25) is 4.79 Å². The minimum atomic E-state index is -0.665. The summed E-state index contributed by atoms with van der Waals surface area (Å²) in [5, 5.41) is 3.25. The largest absolute Gasteiger partial charge is 0.373 e. The number of carbonyl (C=O) groups excluding carboxylic acids is 1. The van der Waals surface area contributed by atoms with Crippen LogP contribution in [0.2, 0.25) is 0 Å². The first-order valence-electron chi connectivity index (χ1n) is 6.57. The standard InChI is InChI=1S/C13H26N2O2/c1-5-12(3,4)17-9-13(11(14)16,15-6-2)10-7-8-10/h10,15H,5-9H2,1-4H3,(H2,14,16). The summed E-state index contributed by atoms with van der Waals surface area (Å²) >= 11 is 0. The van der Waals surface area contributed by atoms with Crippen molar-refractivity contribution in [2.75, 3.05) is 13.2 Å². The number of hydrogen-bond acceptors (Lipinski definition) is 3. The normalized spacial score (nSPS) is 20.0. The third kappa shape index (κ3) is 3.42. The van der Waals surface area contributed by atoms with E-state index >= 15 is 0 Å². The van der Waals surface area contributed by atoms with Crippen molar-refractivity contribution in [3.63, 3.8) is 0 Å². The van der Waals surface area contributed by atoms with Gasteiger partial charge in [-0.15, -0.1) is 0 Å². The number of carbonyl (C=O) groups is 1. The Balaban J connectivity index is 2.72. The smallest absolute Gasteiger partial charge is 0.240 e. The lowest BCUT2D eigenvalue weighted by Gasteiger charge is -2.35. The molecule has 0 radical (unpaired) electrons. The van der Waals surface area contributed by atoms with E-state index in [-0.39, 0.29) is 11.5 Å². The number of nitrogens with one attached hydrogen (secondary N) is 1. The van der Waals surface area contributed by atoms with Crippen LogP contribution in [0.15, 0.2) is 0 Å². The maximum atomic E-state index is 11.8. The average molecular weight is 242 g/mol.